The topological polar surface area (TPSA) is 46.2 Å². The van der Waals surface area contributed by atoms with Crippen molar-refractivity contribution in [3.05, 3.63) is 0 Å². The van der Waals surface area contributed by atoms with Crippen LogP contribution in [0.15, 0.2) is 0 Å². The van der Waals surface area contributed by atoms with Crippen LogP contribution >= 0.6 is 15.9 Å². The van der Waals surface area contributed by atoms with Gasteiger partial charge in [0.1, 0.15) is 0 Å². The summed E-state index contributed by atoms with van der Waals surface area (Å²) in [5.41, 5.74) is 0. The molecule has 0 radical (unpaired) electrons. The molecule has 1 atom stereocenters. The van der Waals surface area contributed by atoms with Gasteiger partial charge < -0.3 is 0 Å². The minimum atomic E-state index is -3.19. The average Bonchev–Trinajstić information content (AvgIpc) is 1.84. The SMILES string of the molecule is CC(CBr)NS(=O)(=O)C(C)(C)C. The second-order valence-electron chi connectivity index (χ2n) is 3.79. The summed E-state index contributed by atoms with van der Waals surface area (Å²) >= 11 is 3.21. The van der Waals surface area contributed by atoms with E-state index in [9.17, 15) is 8.42 Å². The predicted molar refractivity (Wildman–Crippen MR) is 55.1 cm³/mol. The van der Waals surface area contributed by atoms with Crippen molar-refractivity contribution in [2.45, 2.75) is 38.5 Å². The van der Waals surface area contributed by atoms with E-state index in [-0.39, 0.29) is 6.04 Å². The quantitative estimate of drug-likeness (QED) is 0.779. The summed E-state index contributed by atoms with van der Waals surface area (Å²) in [4.78, 5) is 0. The summed E-state index contributed by atoms with van der Waals surface area (Å²) in [6, 6.07) is -0.0609. The van der Waals surface area contributed by atoms with Gasteiger partial charge in [0.25, 0.3) is 0 Å². The number of nitrogens with one attached hydrogen (secondary N) is 1. The maximum Gasteiger partial charge on any atom is 0.216 e. The van der Waals surface area contributed by atoms with E-state index < -0.39 is 14.8 Å². The first kappa shape index (κ1) is 12.4. The van der Waals surface area contributed by atoms with E-state index in [1.807, 2.05) is 6.92 Å². The molecule has 0 heterocycles. The molecule has 74 valence electrons. The van der Waals surface area contributed by atoms with Gasteiger partial charge in [0, 0.05) is 11.4 Å². The number of sulfonamides is 1. The molecule has 0 bridgehead atoms. The van der Waals surface area contributed by atoms with E-state index >= 15 is 0 Å². The molecule has 0 saturated carbocycles. The molecule has 0 aromatic carbocycles. The van der Waals surface area contributed by atoms with Crippen molar-refractivity contribution in [2.75, 3.05) is 5.33 Å². The summed E-state index contributed by atoms with van der Waals surface area (Å²) in [6.45, 7) is 6.85. The Morgan fingerprint density at radius 3 is 2.08 bits per heavy atom. The van der Waals surface area contributed by atoms with Crippen molar-refractivity contribution in [2.24, 2.45) is 0 Å². The Balaban J connectivity index is 4.46. The smallest absolute Gasteiger partial charge is 0.212 e. The van der Waals surface area contributed by atoms with Crippen molar-refractivity contribution < 1.29 is 8.42 Å². The molecule has 1 unspecified atom stereocenters. The Hall–Kier alpha value is 0.390. The molecular weight excluding hydrogens is 242 g/mol. The van der Waals surface area contributed by atoms with Crippen LogP contribution in [-0.2, 0) is 10.0 Å². The lowest BCUT2D eigenvalue weighted by Crippen LogP contribution is -2.44. The van der Waals surface area contributed by atoms with Crippen molar-refractivity contribution in [3.63, 3.8) is 0 Å². The number of hydrogen-bond acceptors (Lipinski definition) is 2. The summed E-state index contributed by atoms with van der Waals surface area (Å²) in [5.74, 6) is 0. The first-order chi connectivity index (χ1) is 5.20. The molecule has 0 aliphatic rings. The molecule has 3 nitrogen and oxygen atoms in total. The van der Waals surface area contributed by atoms with Crippen LogP contribution in [0.5, 0.6) is 0 Å². The number of rotatable bonds is 3. The Labute approximate surface area is 83.1 Å². The third-order valence-corrected chi connectivity index (χ3v) is 4.69. The predicted octanol–water partition coefficient (Wildman–Crippen LogP) is 1.49. The lowest BCUT2D eigenvalue weighted by molar-refractivity contribution is 0.536. The first-order valence-corrected chi connectivity index (χ1v) is 6.39. The zero-order valence-electron chi connectivity index (χ0n) is 7.89. The van der Waals surface area contributed by atoms with Crippen LogP contribution in [-0.4, -0.2) is 24.5 Å². The highest BCUT2D eigenvalue weighted by atomic mass is 79.9. The third-order valence-electron chi connectivity index (χ3n) is 1.39. The normalized spacial score (nSPS) is 16.1. The molecule has 5 heteroatoms. The molecule has 0 rings (SSSR count). The molecule has 0 spiro atoms. The summed E-state index contributed by atoms with van der Waals surface area (Å²) in [7, 11) is -3.19. The highest BCUT2D eigenvalue weighted by molar-refractivity contribution is 9.09. The largest absolute Gasteiger partial charge is 0.216 e. The van der Waals surface area contributed by atoms with Crippen LogP contribution in [0.1, 0.15) is 27.7 Å². The van der Waals surface area contributed by atoms with E-state index in [0.29, 0.717) is 5.33 Å². The molecule has 0 saturated heterocycles. The van der Waals surface area contributed by atoms with Crippen LogP contribution in [0.4, 0.5) is 0 Å². The summed E-state index contributed by atoms with van der Waals surface area (Å²) in [6.07, 6.45) is 0. The second kappa shape index (κ2) is 4.07. The van der Waals surface area contributed by atoms with Gasteiger partial charge in [-0.25, -0.2) is 13.1 Å². The van der Waals surface area contributed by atoms with Gasteiger partial charge in [0.05, 0.1) is 4.75 Å². The molecule has 12 heavy (non-hydrogen) atoms. The maximum absolute atomic E-state index is 11.5. The fraction of sp³-hybridized carbons (Fsp3) is 1.00. The fourth-order valence-electron chi connectivity index (χ4n) is 0.473. The van der Waals surface area contributed by atoms with E-state index in [4.69, 9.17) is 0 Å². The molecule has 0 aliphatic carbocycles. The molecule has 0 aromatic heterocycles. The molecule has 0 aliphatic heterocycles. The Morgan fingerprint density at radius 2 is 1.83 bits per heavy atom. The number of alkyl halides is 1. The van der Waals surface area contributed by atoms with Crippen LogP contribution in [0.2, 0.25) is 0 Å². The van der Waals surface area contributed by atoms with Gasteiger partial charge in [-0.2, -0.15) is 0 Å². The zero-order chi connectivity index (χ0) is 9.99. The third kappa shape index (κ3) is 3.41. The Kier molecular flexibility index (Phi) is 4.20. The van der Waals surface area contributed by atoms with Crippen molar-refractivity contribution >= 4 is 26.0 Å². The van der Waals surface area contributed by atoms with Gasteiger partial charge in [-0.05, 0) is 27.7 Å². The van der Waals surface area contributed by atoms with Crippen molar-refractivity contribution in [3.8, 4) is 0 Å². The minimum Gasteiger partial charge on any atom is -0.212 e. The first-order valence-electron chi connectivity index (χ1n) is 3.78. The number of halogens is 1. The Bertz CT molecular complexity index is 230. The standard InChI is InChI=1S/C7H16BrNO2S/c1-6(5-8)9-12(10,11)7(2,3)4/h6,9H,5H2,1-4H3. The van der Waals surface area contributed by atoms with Gasteiger partial charge in [-0.1, -0.05) is 15.9 Å². The molecule has 0 aromatic rings. The van der Waals surface area contributed by atoms with E-state index in [2.05, 4.69) is 20.7 Å². The van der Waals surface area contributed by atoms with E-state index in [1.165, 1.54) is 0 Å². The lowest BCUT2D eigenvalue weighted by Gasteiger charge is -2.22. The van der Waals surface area contributed by atoms with Gasteiger partial charge in [-0.3, -0.25) is 0 Å². The van der Waals surface area contributed by atoms with Gasteiger partial charge in [0.15, 0.2) is 0 Å². The highest BCUT2D eigenvalue weighted by Gasteiger charge is 2.29. The zero-order valence-corrected chi connectivity index (χ0v) is 10.3. The average molecular weight is 258 g/mol. The number of hydrogen-bond donors (Lipinski definition) is 1. The molecule has 0 fully saturated rings. The summed E-state index contributed by atoms with van der Waals surface area (Å²) in [5, 5.41) is 0.627. The van der Waals surface area contributed by atoms with Crippen LogP contribution in [0, 0.1) is 0 Å². The Morgan fingerprint density at radius 1 is 1.42 bits per heavy atom. The van der Waals surface area contributed by atoms with Crippen LogP contribution < -0.4 is 4.72 Å². The van der Waals surface area contributed by atoms with Gasteiger partial charge in [-0.15, -0.1) is 0 Å². The lowest BCUT2D eigenvalue weighted by atomic mass is 10.3. The molecular formula is C7H16BrNO2S. The summed E-state index contributed by atoms with van der Waals surface area (Å²) < 4.78 is 24.8. The van der Waals surface area contributed by atoms with Crippen molar-refractivity contribution in [1.29, 1.82) is 0 Å². The van der Waals surface area contributed by atoms with Gasteiger partial charge >= 0.3 is 0 Å². The minimum absolute atomic E-state index is 0.0609. The second-order valence-corrected chi connectivity index (χ2v) is 6.90. The van der Waals surface area contributed by atoms with Crippen LogP contribution in [0.25, 0.3) is 0 Å². The van der Waals surface area contributed by atoms with E-state index in [1.54, 1.807) is 20.8 Å². The van der Waals surface area contributed by atoms with E-state index in [0.717, 1.165) is 0 Å². The van der Waals surface area contributed by atoms with Crippen LogP contribution in [0.3, 0.4) is 0 Å². The fourth-order valence-corrected chi connectivity index (χ4v) is 1.82. The monoisotopic (exact) mass is 257 g/mol. The molecule has 0 amide bonds. The highest BCUT2D eigenvalue weighted by Crippen LogP contribution is 2.13. The maximum atomic E-state index is 11.5. The molecule has 1 N–H and O–H groups in total. The van der Waals surface area contributed by atoms with Crippen molar-refractivity contribution in [1.82, 2.24) is 4.72 Å². The van der Waals surface area contributed by atoms with Gasteiger partial charge in [0.2, 0.25) is 10.0 Å².